The van der Waals surface area contributed by atoms with E-state index in [0.717, 1.165) is 43.5 Å². The summed E-state index contributed by atoms with van der Waals surface area (Å²) in [5, 5.41) is 16.2. The van der Waals surface area contributed by atoms with E-state index in [1.54, 1.807) is 13.8 Å². The number of nitrogens with two attached hydrogens (primary N) is 1. The Morgan fingerprint density at radius 2 is 1.71 bits per heavy atom. The molecule has 0 radical (unpaired) electrons. The van der Waals surface area contributed by atoms with E-state index in [1.807, 2.05) is 36.4 Å². The third-order valence-corrected chi connectivity index (χ3v) is 8.13. The van der Waals surface area contributed by atoms with Crippen LogP contribution in [0.2, 0.25) is 0 Å². The minimum atomic E-state index is -1.14. The van der Waals surface area contributed by atoms with Gasteiger partial charge in [-0.15, -0.1) is 12.4 Å². The van der Waals surface area contributed by atoms with E-state index in [0.29, 0.717) is 12.8 Å². The molecular weight excluding hydrogens is 502 g/mol. The highest BCUT2D eigenvalue weighted by Crippen LogP contribution is 2.56. The topological polar surface area (TPSA) is 122 Å². The maximum Gasteiger partial charge on any atom is 0.303 e. The predicted molar refractivity (Wildman–Crippen MR) is 151 cm³/mol. The number of Topliss-reactive ketones (excluding diaryl/α,β-unsaturated/α-hetero) is 1. The lowest BCUT2D eigenvalue weighted by molar-refractivity contribution is -0.139. The van der Waals surface area contributed by atoms with Crippen LogP contribution in [0.1, 0.15) is 68.6 Å². The minimum absolute atomic E-state index is 0. The molecule has 1 aliphatic carbocycles. The van der Waals surface area contributed by atoms with Crippen LogP contribution in [0.5, 0.6) is 0 Å². The molecule has 1 spiro atoms. The van der Waals surface area contributed by atoms with Crippen LogP contribution in [-0.2, 0) is 26.2 Å². The first-order chi connectivity index (χ1) is 17.6. The fourth-order valence-electron chi connectivity index (χ4n) is 6.35. The van der Waals surface area contributed by atoms with Crippen molar-refractivity contribution < 1.29 is 19.5 Å². The first kappa shape index (κ1) is 29.8. The third-order valence-electron chi connectivity index (χ3n) is 8.13. The van der Waals surface area contributed by atoms with E-state index in [-0.39, 0.29) is 30.5 Å². The highest BCUT2D eigenvalue weighted by atomic mass is 35.5. The molecule has 0 saturated carbocycles. The van der Waals surface area contributed by atoms with Crippen LogP contribution in [0.4, 0.5) is 0 Å². The molecule has 8 heteroatoms. The van der Waals surface area contributed by atoms with Gasteiger partial charge >= 0.3 is 5.97 Å². The lowest BCUT2D eigenvalue weighted by Gasteiger charge is -2.42. The number of fused-ring (bicyclic) bond motifs is 2. The number of rotatable bonds is 10. The van der Waals surface area contributed by atoms with Gasteiger partial charge in [0.15, 0.2) is 5.78 Å². The summed E-state index contributed by atoms with van der Waals surface area (Å²) in [6.45, 7) is 4.78. The molecule has 2 aromatic rings. The number of hydrogen-bond acceptors (Lipinski definition) is 5. The second kappa shape index (κ2) is 12.4. The van der Waals surface area contributed by atoms with E-state index < -0.39 is 34.8 Å². The van der Waals surface area contributed by atoms with Gasteiger partial charge in [0.05, 0.1) is 18.0 Å². The summed E-state index contributed by atoms with van der Waals surface area (Å²) in [5.41, 5.74) is 7.73. The zero-order valence-corrected chi connectivity index (χ0v) is 23.1. The number of carbonyl (C=O) groups excluding carboxylic acids is 2. The molecule has 2 aliphatic rings. The van der Waals surface area contributed by atoms with Crippen molar-refractivity contribution in [2.45, 2.75) is 75.3 Å². The average Bonchev–Trinajstić information content (AvgIpc) is 3.11. The first-order valence-corrected chi connectivity index (χ1v) is 13.3. The zero-order chi connectivity index (χ0) is 26.6. The van der Waals surface area contributed by atoms with Crippen molar-refractivity contribution >= 4 is 30.1 Å². The van der Waals surface area contributed by atoms with E-state index in [4.69, 9.17) is 5.73 Å². The van der Waals surface area contributed by atoms with Gasteiger partial charge in [-0.1, -0.05) is 54.6 Å². The standard InChI is InChI=1S/C30H39N3O4.ClH/c1-29(2,31)28(37)33-24(14-8-11-20-9-4-3-5-10-20)27(36)26-22(19-25(34)35)21-12-6-7-13-23(21)30(26)15-17-32-18-16-30;/h3-7,9-10,12-13,22,24,26,32H,8,11,14-19,31H2,1-2H3,(H,33,37)(H,34,35);1H/t22?,24-,26+;/m1./s1. The van der Waals surface area contributed by atoms with Crippen LogP contribution in [0, 0.1) is 5.92 Å². The lowest BCUT2D eigenvalue weighted by atomic mass is 9.64. The van der Waals surface area contributed by atoms with Gasteiger partial charge in [0.1, 0.15) is 0 Å². The van der Waals surface area contributed by atoms with Crippen LogP contribution in [0.15, 0.2) is 54.6 Å². The lowest BCUT2D eigenvalue weighted by Crippen LogP contribution is -2.57. The van der Waals surface area contributed by atoms with E-state index in [9.17, 15) is 19.5 Å². The Kier molecular flexibility index (Phi) is 9.74. The van der Waals surface area contributed by atoms with E-state index in [1.165, 1.54) is 5.56 Å². The molecule has 0 aromatic heterocycles. The summed E-state index contributed by atoms with van der Waals surface area (Å²) >= 11 is 0. The van der Waals surface area contributed by atoms with Crippen molar-refractivity contribution in [3.63, 3.8) is 0 Å². The number of halogens is 1. The van der Waals surface area contributed by atoms with Crippen molar-refractivity contribution in [2.24, 2.45) is 11.7 Å². The Morgan fingerprint density at radius 3 is 2.34 bits per heavy atom. The molecule has 1 saturated heterocycles. The largest absolute Gasteiger partial charge is 0.481 e. The van der Waals surface area contributed by atoms with Crippen molar-refractivity contribution in [1.82, 2.24) is 10.6 Å². The van der Waals surface area contributed by atoms with Gasteiger partial charge in [0, 0.05) is 17.3 Å². The van der Waals surface area contributed by atoms with Crippen molar-refractivity contribution in [3.05, 3.63) is 71.3 Å². The highest BCUT2D eigenvalue weighted by Gasteiger charge is 2.56. The Bertz CT molecular complexity index is 1130. The summed E-state index contributed by atoms with van der Waals surface area (Å²) in [5.74, 6) is -2.33. The number of aliphatic carboxylic acids is 1. The number of piperidine rings is 1. The Labute approximate surface area is 231 Å². The van der Waals surface area contributed by atoms with Crippen molar-refractivity contribution in [2.75, 3.05) is 13.1 Å². The Morgan fingerprint density at radius 1 is 1.08 bits per heavy atom. The molecule has 1 heterocycles. The van der Waals surface area contributed by atoms with Crippen LogP contribution in [0.3, 0.4) is 0 Å². The molecule has 5 N–H and O–H groups in total. The van der Waals surface area contributed by atoms with Gasteiger partial charge in [-0.2, -0.15) is 0 Å². The third kappa shape index (κ3) is 6.28. The van der Waals surface area contributed by atoms with Gasteiger partial charge in [-0.05, 0) is 75.7 Å². The SMILES string of the molecule is CC(C)(N)C(=O)N[C@H](CCCc1ccccc1)C(=O)[C@@H]1C(CC(=O)O)c2ccccc2C12CCNCC2.Cl. The normalized spacial score (nSPS) is 20.7. The number of amides is 1. The Hall–Kier alpha value is -2.74. The van der Waals surface area contributed by atoms with Gasteiger partial charge in [0.25, 0.3) is 0 Å². The molecule has 1 unspecified atom stereocenters. The van der Waals surface area contributed by atoms with Crippen molar-refractivity contribution in [1.29, 1.82) is 0 Å². The fraction of sp³-hybridized carbons (Fsp3) is 0.500. The Balaban J connectivity index is 0.00000400. The maximum absolute atomic E-state index is 14.5. The summed E-state index contributed by atoms with van der Waals surface area (Å²) in [6.07, 6.45) is 3.36. The van der Waals surface area contributed by atoms with Crippen LogP contribution >= 0.6 is 12.4 Å². The smallest absolute Gasteiger partial charge is 0.303 e. The van der Waals surface area contributed by atoms with Gasteiger partial charge in [-0.3, -0.25) is 14.4 Å². The number of ketones is 1. The second-order valence-electron chi connectivity index (χ2n) is 11.2. The molecule has 1 fully saturated rings. The van der Waals surface area contributed by atoms with Crippen LogP contribution < -0.4 is 16.4 Å². The number of benzene rings is 2. The van der Waals surface area contributed by atoms with Gasteiger partial charge in [0.2, 0.25) is 5.91 Å². The van der Waals surface area contributed by atoms with Crippen molar-refractivity contribution in [3.8, 4) is 0 Å². The second-order valence-corrected chi connectivity index (χ2v) is 11.2. The fourth-order valence-corrected chi connectivity index (χ4v) is 6.35. The molecule has 38 heavy (non-hydrogen) atoms. The molecular formula is C30H40ClN3O4. The number of carboxylic acid groups (broad SMARTS) is 1. The van der Waals surface area contributed by atoms with Crippen LogP contribution in [-0.4, -0.2) is 47.4 Å². The molecule has 1 amide bonds. The van der Waals surface area contributed by atoms with Gasteiger partial charge < -0.3 is 21.5 Å². The van der Waals surface area contributed by atoms with E-state index in [2.05, 4.69) is 28.8 Å². The zero-order valence-electron chi connectivity index (χ0n) is 22.2. The maximum atomic E-state index is 14.5. The molecule has 4 rings (SSSR count). The van der Waals surface area contributed by atoms with Crippen LogP contribution in [0.25, 0.3) is 0 Å². The highest BCUT2D eigenvalue weighted by molar-refractivity contribution is 5.95. The molecule has 7 nitrogen and oxygen atoms in total. The molecule has 3 atom stereocenters. The molecule has 206 valence electrons. The number of aryl methyl sites for hydroxylation is 1. The quantitative estimate of drug-likeness (QED) is 0.363. The number of hydrogen-bond donors (Lipinski definition) is 4. The number of carbonyl (C=O) groups is 3. The molecule has 2 aromatic carbocycles. The molecule has 1 aliphatic heterocycles. The number of nitrogens with one attached hydrogen (secondary N) is 2. The summed E-state index contributed by atoms with van der Waals surface area (Å²) in [7, 11) is 0. The van der Waals surface area contributed by atoms with E-state index >= 15 is 0 Å². The molecule has 0 bridgehead atoms. The summed E-state index contributed by atoms with van der Waals surface area (Å²) in [4.78, 5) is 39.5. The monoisotopic (exact) mass is 541 g/mol. The number of carboxylic acids is 1. The summed E-state index contributed by atoms with van der Waals surface area (Å²) in [6, 6.07) is 17.3. The summed E-state index contributed by atoms with van der Waals surface area (Å²) < 4.78 is 0. The first-order valence-electron chi connectivity index (χ1n) is 13.3. The average molecular weight is 542 g/mol. The predicted octanol–water partition coefficient (Wildman–Crippen LogP) is 3.73. The van der Waals surface area contributed by atoms with Gasteiger partial charge in [-0.25, -0.2) is 0 Å². The minimum Gasteiger partial charge on any atom is -0.481 e.